The van der Waals surface area contributed by atoms with Crippen LogP contribution in [0.2, 0.25) is 10.0 Å². The summed E-state index contributed by atoms with van der Waals surface area (Å²) in [5.41, 5.74) is 6.14. The Morgan fingerprint density at radius 3 is 2.15 bits per heavy atom. The molecule has 0 bridgehead atoms. The molecule has 2 fully saturated rings. The number of hydrogen-bond donors (Lipinski definition) is 3. The second-order valence-corrected chi connectivity index (χ2v) is 13.7. The Morgan fingerprint density at radius 1 is 0.885 bits per heavy atom. The second-order valence-electron chi connectivity index (χ2n) is 13.0. The van der Waals surface area contributed by atoms with Crippen LogP contribution < -0.4 is 15.4 Å². The summed E-state index contributed by atoms with van der Waals surface area (Å²) < 4.78 is 7.32. The van der Waals surface area contributed by atoms with Gasteiger partial charge in [-0.15, -0.1) is 0 Å². The Labute approximate surface area is 309 Å². The lowest BCUT2D eigenvalue weighted by Crippen LogP contribution is -2.41. The SMILES string of the molecule is COc1nc(-c2cccc(-c3cccc(-c4ccn5ncc(CN(C)[C@H]6CCC(=O)N6)c5n4)c3Cl)c2Cl)ccc1CN(C[C@@H]1CCC(=O)N1)C(=O)O. The molecular formula is C37H36Cl2N8O5. The minimum Gasteiger partial charge on any atom is -0.481 e. The maximum Gasteiger partial charge on any atom is 0.407 e. The van der Waals surface area contributed by atoms with E-state index < -0.39 is 6.09 Å². The van der Waals surface area contributed by atoms with Gasteiger partial charge in [0.15, 0.2) is 5.65 Å². The first-order valence-electron chi connectivity index (χ1n) is 16.8. The van der Waals surface area contributed by atoms with E-state index in [4.69, 9.17) is 37.9 Å². The summed E-state index contributed by atoms with van der Waals surface area (Å²) >= 11 is 14.2. The molecule has 2 aromatic carbocycles. The van der Waals surface area contributed by atoms with Crippen LogP contribution in [0.3, 0.4) is 0 Å². The van der Waals surface area contributed by atoms with E-state index >= 15 is 0 Å². The number of hydrogen-bond acceptors (Lipinski definition) is 8. The third-order valence-electron chi connectivity index (χ3n) is 9.50. The number of aromatic nitrogens is 4. The first-order chi connectivity index (χ1) is 25.1. The number of nitrogens with one attached hydrogen (secondary N) is 2. The van der Waals surface area contributed by atoms with E-state index in [1.807, 2.05) is 55.7 Å². The van der Waals surface area contributed by atoms with Gasteiger partial charge < -0.3 is 25.4 Å². The number of benzene rings is 2. The van der Waals surface area contributed by atoms with Crippen molar-refractivity contribution in [3.63, 3.8) is 0 Å². The Morgan fingerprint density at radius 2 is 1.54 bits per heavy atom. The summed E-state index contributed by atoms with van der Waals surface area (Å²) in [6, 6.07) is 16.5. The highest BCUT2D eigenvalue weighted by Gasteiger charge is 2.27. The normalized spacial score (nSPS) is 17.1. The highest BCUT2D eigenvalue weighted by molar-refractivity contribution is 6.39. The summed E-state index contributed by atoms with van der Waals surface area (Å²) in [5.74, 6) is 0.241. The van der Waals surface area contributed by atoms with Crippen molar-refractivity contribution in [2.45, 2.75) is 51.0 Å². The molecule has 5 heterocycles. The van der Waals surface area contributed by atoms with Gasteiger partial charge in [-0.05, 0) is 38.1 Å². The standard InChI is InChI=1S/C37H36Cl2N8O5/c1-45(30-12-14-32(49)44-30)18-22-17-40-47-16-15-29(42-35(22)47)27-8-4-6-25(34(27)39)24-5-3-7-26(33(24)38)28-11-9-21(36(43-28)52-2)19-46(37(50)51)20-23-10-13-31(48)41-23/h3-9,11,15-17,23,30H,10,12-14,18-20H2,1-2H3,(H,41,48)(H,44,49)(H,50,51)/t23-,30-/m0/s1. The number of methoxy groups -OCH3 is 1. The van der Waals surface area contributed by atoms with Crippen LogP contribution >= 0.6 is 23.2 Å². The number of fused-ring (bicyclic) bond motifs is 1. The van der Waals surface area contributed by atoms with E-state index in [-0.39, 0.29) is 43.0 Å². The highest BCUT2D eigenvalue weighted by atomic mass is 35.5. The molecule has 3 N–H and O–H groups in total. The Balaban J connectivity index is 1.16. The lowest BCUT2D eigenvalue weighted by Gasteiger charge is -2.23. The van der Waals surface area contributed by atoms with Crippen molar-refractivity contribution < 1.29 is 24.2 Å². The Bertz CT molecular complexity index is 2190. The van der Waals surface area contributed by atoms with Gasteiger partial charge in [-0.25, -0.2) is 19.3 Å². The Hall–Kier alpha value is -5.24. The van der Waals surface area contributed by atoms with Crippen LogP contribution in [-0.2, 0) is 22.7 Å². The molecule has 3 aromatic heterocycles. The minimum atomic E-state index is -1.11. The predicted octanol–water partition coefficient (Wildman–Crippen LogP) is 5.87. The van der Waals surface area contributed by atoms with E-state index in [9.17, 15) is 19.5 Å². The molecular weight excluding hydrogens is 707 g/mol. The molecule has 2 saturated heterocycles. The fraction of sp³-hybridized carbons (Fsp3) is 0.297. The van der Waals surface area contributed by atoms with E-state index in [0.717, 1.165) is 17.5 Å². The van der Waals surface area contributed by atoms with E-state index in [1.54, 1.807) is 22.8 Å². The van der Waals surface area contributed by atoms with Crippen molar-refractivity contribution in [2.75, 3.05) is 20.7 Å². The number of carboxylic acid groups (broad SMARTS) is 1. The number of carbonyl (C=O) groups is 3. The molecule has 52 heavy (non-hydrogen) atoms. The molecule has 13 nitrogen and oxygen atoms in total. The summed E-state index contributed by atoms with van der Waals surface area (Å²) in [7, 11) is 3.45. The van der Waals surface area contributed by atoms with Gasteiger partial charge in [0, 0.05) is 71.6 Å². The number of rotatable bonds is 11. The molecule has 2 atom stereocenters. The third-order valence-corrected chi connectivity index (χ3v) is 10.3. The first kappa shape index (κ1) is 35.2. The molecule has 2 aliphatic heterocycles. The van der Waals surface area contributed by atoms with Gasteiger partial charge in [-0.2, -0.15) is 5.10 Å². The van der Waals surface area contributed by atoms with Crippen LogP contribution in [0.25, 0.3) is 39.3 Å². The fourth-order valence-corrected chi connectivity index (χ4v) is 7.42. The van der Waals surface area contributed by atoms with Crippen molar-refractivity contribution in [3.8, 4) is 39.5 Å². The summed E-state index contributed by atoms with van der Waals surface area (Å²) in [6.45, 7) is 0.745. The van der Waals surface area contributed by atoms with Gasteiger partial charge in [-0.1, -0.05) is 59.6 Å². The largest absolute Gasteiger partial charge is 0.481 e. The van der Waals surface area contributed by atoms with Crippen LogP contribution in [0.5, 0.6) is 5.88 Å². The number of nitrogens with zero attached hydrogens (tertiary/aromatic N) is 6. The van der Waals surface area contributed by atoms with Crippen LogP contribution in [0, 0.1) is 0 Å². The van der Waals surface area contributed by atoms with Crippen molar-refractivity contribution in [1.29, 1.82) is 0 Å². The summed E-state index contributed by atoms with van der Waals surface area (Å²) in [6.07, 6.45) is 4.73. The molecule has 0 spiro atoms. The second kappa shape index (κ2) is 14.8. The highest BCUT2D eigenvalue weighted by Crippen LogP contribution is 2.42. The van der Waals surface area contributed by atoms with E-state index in [1.165, 1.54) is 12.0 Å². The smallest absolute Gasteiger partial charge is 0.407 e. The maximum atomic E-state index is 12.1. The number of carbonyl (C=O) groups excluding carboxylic acids is 2. The van der Waals surface area contributed by atoms with Crippen LogP contribution in [0.4, 0.5) is 4.79 Å². The van der Waals surface area contributed by atoms with E-state index in [2.05, 4.69) is 20.6 Å². The van der Waals surface area contributed by atoms with Gasteiger partial charge >= 0.3 is 6.09 Å². The van der Waals surface area contributed by atoms with Gasteiger partial charge in [0.05, 0.1) is 47.5 Å². The molecule has 5 aromatic rings. The van der Waals surface area contributed by atoms with E-state index in [0.29, 0.717) is 75.1 Å². The molecule has 2 aliphatic rings. The minimum absolute atomic E-state index is 0.0321. The van der Waals surface area contributed by atoms with Crippen LogP contribution in [0.1, 0.15) is 36.8 Å². The van der Waals surface area contributed by atoms with Crippen molar-refractivity contribution in [2.24, 2.45) is 0 Å². The predicted molar refractivity (Wildman–Crippen MR) is 196 cm³/mol. The van der Waals surface area contributed by atoms with Crippen LogP contribution in [-0.4, -0.2) is 85.3 Å². The molecule has 3 amide bonds. The van der Waals surface area contributed by atoms with Gasteiger partial charge in [0.2, 0.25) is 17.7 Å². The number of pyridine rings is 1. The van der Waals surface area contributed by atoms with Gasteiger partial charge in [-0.3, -0.25) is 14.5 Å². The lowest BCUT2D eigenvalue weighted by atomic mass is 9.98. The zero-order valence-corrected chi connectivity index (χ0v) is 30.0. The lowest BCUT2D eigenvalue weighted by molar-refractivity contribution is -0.120. The summed E-state index contributed by atoms with van der Waals surface area (Å²) in [5, 5.41) is 21.1. The average molecular weight is 744 g/mol. The molecule has 7 rings (SSSR count). The molecule has 0 saturated carbocycles. The zero-order chi connectivity index (χ0) is 36.5. The molecule has 0 radical (unpaired) electrons. The van der Waals surface area contributed by atoms with Crippen molar-refractivity contribution >= 4 is 46.8 Å². The molecule has 0 unspecified atom stereocenters. The van der Waals surface area contributed by atoms with Crippen molar-refractivity contribution in [3.05, 3.63) is 88.2 Å². The first-order valence-corrected chi connectivity index (χ1v) is 17.6. The van der Waals surface area contributed by atoms with Gasteiger partial charge in [0.25, 0.3) is 0 Å². The third kappa shape index (κ3) is 7.11. The fourth-order valence-electron chi connectivity index (χ4n) is 6.77. The quantitative estimate of drug-likeness (QED) is 0.151. The maximum absolute atomic E-state index is 12.1. The number of amides is 3. The number of halogens is 2. The van der Waals surface area contributed by atoms with Crippen LogP contribution in [0.15, 0.2) is 67.0 Å². The molecule has 15 heteroatoms. The van der Waals surface area contributed by atoms with Crippen molar-refractivity contribution in [1.82, 2.24) is 40.0 Å². The zero-order valence-electron chi connectivity index (χ0n) is 28.5. The monoisotopic (exact) mass is 742 g/mol. The summed E-state index contributed by atoms with van der Waals surface area (Å²) in [4.78, 5) is 48.5. The average Bonchev–Trinajstić information content (AvgIpc) is 3.88. The topological polar surface area (TPSA) is 154 Å². The molecule has 268 valence electrons. The van der Waals surface area contributed by atoms with Gasteiger partial charge in [0.1, 0.15) is 0 Å². The Kier molecular flexibility index (Phi) is 10.00. The number of ether oxygens (including phenoxy) is 1. The molecule has 0 aliphatic carbocycles.